The van der Waals surface area contributed by atoms with Crippen molar-refractivity contribution < 1.29 is 9.53 Å². The largest absolute Gasteiger partial charge is 0.497 e. The summed E-state index contributed by atoms with van der Waals surface area (Å²) in [5.41, 5.74) is 2.56. The number of pyridine rings is 1. The average molecular weight is 420 g/mol. The minimum atomic E-state index is 0.248. The maximum absolute atomic E-state index is 13.5. The molecule has 0 spiro atoms. The molecule has 1 aliphatic carbocycles. The fourth-order valence-electron chi connectivity index (χ4n) is 6.08. The van der Waals surface area contributed by atoms with Gasteiger partial charge in [-0.05, 0) is 48.6 Å². The van der Waals surface area contributed by atoms with Crippen LogP contribution in [0.15, 0.2) is 48.8 Å². The van der Waals surface area contributed by atoms with Gasteiger partial charge in [0.1, 0.15) is 5.75 Å². The van der Waals surface area contributed by atoms with Crippen LogP contribution in [-0.4, -0.2) is 53.5 Å². The number of rotatable bonds is 5. The molecule has 3 heterocycles. The Morgan fingerprint density at radius 2 is 2.00 bits per heavy atom. The first-order chi connectivity index (χ1) is 15.2. The maximum atomic E-state index is 13.5. The number of carbonyl (C=O) groups excluding carboxylic acids is 1. The second kappa shape index (κ2) is 8.99. The number of likely N-dealkylation sites (tertiary alicyclic amines) is 2. The summed E-state index contributed by atoms with van der Waals surface area (Å²) >= 11 is 0. The minimum Gasteiger partial charge on any atom is -0.497 e. The van der Waals surface area contributed by atoms with Crippen molar-refractivity contribution in [2.24, 2.45) is 11.8 Å². The third kappa shape index (κ3) is 4.20. The summed E-state index contributed by atoms with van der Waals surface area (Å²) in [5.74, 6) is 2.39. The Bertz CT molecular complexity index is 897. The summed E-state index contributed by atoms with van der Waals surface area (Å²) in [6.45, 7) is 3.84. The van der Waals surface area contributed by atoms with Crippen molar-refractivity contribution in [2.75, 3.05) is 26.7 Å². The van der Waals surface area contributed by atoms with Crippen LogP contribution in [0.5, 0.6) is 5.75 Å². The first-order valence-corrected chi connectivity index (χ1v) is 11.8. The van der Waals surface area contributed by atoms with Gasteiger partial charge in [-0.2, -0.15) is 0 Å². The molecule has 1 aromatic heterocycles. The molecule has 2 aromatic rings. The fourth-order valence-corrected chi connectivity index (χ4v) is 6.08. The lowest BCUT2D eigenvalue weighted by Gasteiger charge is -2.39. The third-order valence-electron chi connectivity index (χ3n) is 7.65. The molecule has 5 nitrogen and oxygen atoms in total. The van der Waals surface area contributed by atoms with E-state index in [1.165, 1.54) is 24.0 Å². The van der Waals surface area contributed by atoms with Crippen LogP contribution in [0.2, 0.25) is 0 Å². The van der Waals surface area contributed by atoms with Gasteiger partial charge in [0.2, 0.25) is 5.91 Å². The number of methoxy groups -OCH3 is 1. The monoisotopic (exact) mass is 419 g/mol. The van der Waals surface area contributed by atoms with Gasteiger partial charge in [-0.1, -0.05) is 31.0 Å². The number of benzene rings is 1. The van der Waals surface area contributed by atoms with E-state index in [-0.39, 0.29) is 5.92 Å². The van der Waals surface area contributed by atoms with E-state index in [2.05, 4.69) is 39.0 Å². The van der Waals surface area contributed by atoms with E-state index in [9.17, 15) is 4.79 Å². The highest BCUT2D eigenvalue weighted by molar-refractivity contribution is 5.80. The zero-order valence-corrected chi connectivity index (χ0v) is 18.5. The number of hydrogen-bond donors (Lipinski definition) is 0. The van der Waals surface area contributed by atoms with Crippen LogP contribution in [0, 0.1) is 11.8 Å². The SMILES string of the molecule is COc1cccc([C@H]2CN(C(=O)C3CCCC3)[C@@H]3CCN(Cc4cccnc4)C[C@H]23)c1. The van der Waals surface area contributed by atoms with Crippen molar-refractivity contribution in [1.82, 2.24) is 14.8 Å². The average Bonchev–Trinajstić information content (AvgIpc) is 3.48. The predicted molar refractivity (Wildman–Crippen MR) is 121 cm³/mol. The number of piperidine rings is 1. The molecule has 5 heteroatoms. The number of amides is 1. The van der Waals surface area contributed by atoms with Crippen molar-refractivity contribution in [3.63, 3.8) is 0 Å². The number of hydrogen-bond acceptors (Lipinski definition) is 4. The summed E-state index contributed by atoms with van der Waals surface area (Å²) in [4.78, 5) is 22.6. The summed E-state index contributed by atoms with van der Waals surface area (Å²) in [6, 6.07) is 13.0. The van der Waals surface area contributed by atoms with E-state index < -0.39 is 0 Å². The van der Waals surface area contributed by atoms with Crippen LogP contribution in [0.3, 0.4) is 0 Å². The quantitative estimate of drug-likeness (QED) is 0.732. The topological polar surface area (TPSA) is 45.7 Å². The lowest BCUT2D eigenvalue weighted by Crippen LogP contribution is -2.48. The highest BCUT2D eigenvalue weighted by atomic mass is 16.5. The van der Waals surface area contributed by atoms with Gasteiger partial charge in [-0.15, -0.1) is 0 Å². The van der Waals surface area contributed by atoms with E-state index in [0.717, 1.165) is 51.2 Å². The van der Waals surface area contributed by atoms with Gasteiger partial charge in [0.15, 0.2) is 0 Å². The standard InChI is InChI=1S/C26H33N3O2/c1-31-22-10-4-9-21(14-22)23-18-29(26(30)20-7-2-3-8-20)25-11-13-28(17-24(23)25)16-19-6-5-12-27-15-19/h4-6,9-10,12,14-15,20,23-25H,2-3,7-8,11,13,16-18H2,1H3/t23-,24-,25-/m1/s1. The van der Waals surface area contributed by atoms with Gasteiger partial charge < -0.3 is 9.64 Å². The molecule has 1 aromatic carbocycles. The van der Waals surface area contributed by atoms with Crippen LogP contribution in [-0.2, 0) is 11.3 Å². The van der Waals surface area contributed by atoms with Crippen molar-refractivity contribution in [3.8, 4) is 5.75 Å². The number of nitrogens with zero attached hydrogens (tertiary/aromatic N) is 3. The summed E-state index contributed by atoms with van der Waals surface area (Å²) in [7, 11) is 1.72. The number of ether oxygens (including phenoxy) is 1. The van der Waals surface area contributed by atoms with E-state index in [4.69, 9.17) is 4.74 Å². The lowest BCUT2D eigenvalue weighted by atomic mass is 9.81. The van der Waals surface area contributed by atoms with Crippen LogP contribution in [0.1, 0.15) is 49.1 Å². The van der Waals surface area contributed by atoms with Crippen LogP contribution >= 0.6 is 0 Å². The number of carbonyl (C=O) groups is 1. The Morgan fingerprint density at radius 1 is 1.13 bits per heavy atom. The Balaban J connectivity index is 1.39. The molecule has 164 valence electrons. The predicted octanol–water partition coefficient (Wildman–Crippen LogP) is 4.10. The van der Waals surface area contributed by atoms with Crippen LogP contribution in [0.4, 0.5) is 0 Å². The number of aromatic nitrogens is 1. The van der Waals surface area contributed by atoms with Gasteiger partial charge in [0.05, 0.1) is 7.11 Å². The molecule has 2 saturated heterocycles. The van der Waals surface area contributed by atoms with E-state index >= 15 is 0 Å². The minimum absolute atomic E-state index is 0.248. The second-order valence-electron chi connectivity index (χ2n) is 9.47. The molecule has 0 bridgehead atoms. The zero-order chi connectivity index (χ0) is 21.2. The molecule has 0 N–H and O–H groups in total. The van der Waals surface area contributed by atoms with Gasteiger partial charge in [0.25, 0.3) is 0 Å². The van der Waals surface area contributed by atoms with Gasteiger partial charge >= 0.3 is 0 Å². The second-order valence-corrected chi connectivity index (χ2v) is 9.47. The number of fused-ring (bicyclic) bond motifs is 1. The van der Waals surface area contributed by atoms with Crippen molar-refractivity contribution in [2.45, 2.75) is 50.6 Å². The molecule has 3 fully saturated rings. The molecular formula is C26H33N3O2. The summed E-state index contributed by atoms with van der Waals surface area (Å²) in [5, 5.41) is 0. The highest BCUT2D eigenvalue weighted by Crippen LogP contribution is 2.44. The first kappa shape index (κ1) is 20.5. The molecule has 0 radical (unpaired) electrons. The zero-order valence-electron chi connectivity index (χ0n) is 18.5. The molecule has 1 saturated carbocycles. The van der Waals surface area contributed by atoms with Crippen molar-refractivity contribution in [1.29, 1.82) is 0 Å². The van der Waals surface area contributed by atoms with Gasteiger partial charge in [0, 0.05) is 62.4 Å². The van der Waals surface area contributed by atoms with Crippen LogP contribution < -0.4 is 4.74 Å². The third-order valence-corrected chi connectivity index (χ3v) is 7.65. The van der Waals surface area contributed by atoms with Crippen molar-refractivity contribution in [3.05, 3.63) is 59.9 Å². The van der Waals surface area contributed by atoms with E-state index in [1.807, 2.05) is 24.5 Å². The molecule has 2 aliphatic heterocycles. The Kier molecular flexibility index (Phi) is 5.95. The van der Waals surface area contributed by atoms with E-state index in [1.54, 1.807) is 7.11 Å². The molecule has 1 amide bonds. The Labute approximate surface area is 185 Å². The molecule has 3 aliphatic rings. The maximum Gasteiger partial charge on any atom is 0.225 e. The lowest BCUT2D eigenvalue weighted by molar-refractivity contribution is -0.137. The molecule has 31 heavy (non-hydrogen) atoms. The molecule has 5 rings (SSSR count). The van der Waals surface area contributed by atoms with Crippen molar-refractivity contribution >= 4 is 5.91 Å². The Morgan fingerprint density at radius 3 is 2.77 bits per heavy atom. The molecular weight excluding hydrogens is 386 g/mol. The van der Waals surface area contributed by atoms with Gasteiger partial charge in [-0.25, -0.2) is 0 Å². The van der Waals surface area contributed by atoms with Crippen LogP contribution in [0.25, 0.3) is 0 Å². The smallest absolute Gasteiger partial charge is 0.225 e. The molecule has 3 atom stereocenters. The van der Waals surface area contributed by atoms with Gasteiger partial charge in [-0.3, -0.25) is 14.7 Å². The molecule has 0 unspecified atom stereocenters. The summed E-state index contributed by atoms with van der Waals surface area (Å²) < 4.78 is 5.51. The highest BCUT2D eigenvalue weighted by Gasteiger charge is 2.48. The summed E-state index contributed by atoms with van der Waals surface area (Å²) in [6.07, 6.45) is 9.42. The normalized spacial score (nSPS) is 26.7. The Hall–Kier alpha value is -2.40. The fraction of sp³-hybridized carbons (Fsp3) is 0.538. The van der Waals surface area contributed by atoms with E-state index in [0.29, 0.717) is 23.8 Å². The first-order valence-electron chi connectivity index (χ1n) is 11.8.